The minimum atomic E-state index is -0.420. The fraction of sp³-hybridized carbons (Fsp3) is 0.160. The van der Waals surface area contributed by atoms with Gasteiger partial charge in [0.25, 0.3) is 0 Å². The summed E-state index contributed by atoms with van der Waals surface area (Å²) in [5.41, 5.74) is 3.51. The Balaban J connectivity index is 1.61. The molecule has 0 aliphatic rings. The first-order chi connectivity index (χ1) is 16.5. The lowest BCUT2D eigenvalue weighted by atomic mass is 10.0. The molecule has 2 aromatic heterocycles. The zero-order valence-corrected chi connectivity index (χ0v) is 20.4. The van der Waals surface area contributed by atoms with E-state index in [1.165, 1.54) is 18.0 Å². The summed E-state index contributed by atoms with van der Waals surface area (Å²) < 4.78 is 10.6. The standard InChI is InChI=1S/C25H23ClN4O3S/c1-15(24(31)28-21-13-8-18(26)14-27-21)34-25-29-22(16-4-9-19(32-2)10-5-16)23(30-25)17-6-11-20(33-3)12-7-17/h4-15H,1-3H3,(H,29,30)(H,27,28,31). The van der Waals surface area contributed by atoms with Crippen molar-refractivity contribution in [3.63, 3.8) is 0 Å². The first kappa shape index (κ1) is 23.7. The van der Waals surface area contributed by atoms with E-state index in [9.17, 15) is 4.79 Å². The van der Waals surface area contributed by atoms with Crippen LogP contribution in [-0.4, -0.2) is 40.3 Å². The highest BCUT2D eigenvalue weighted by atomic mass is 35.5. The van der Waals surface area contributed by atoms with E-state index >= 15 is 0 Å². The van der Waals surface area contributed by atoms with Gasteiger partial charge in [-0.15, -0.1) is 0 Å². The zero-order valence-electron chi connectivity index (χ0n) is 18.8. The number of benzene rings is 2. The maximum absolute atomic E-state index is 12.7. The Morgan fingerprint density at radius 1 is 0.971 bits per heavy atom. The Bertz CT molecular complexity index is 1190. The number of carbonyl (C=O) groups excluding carboxylic acids is 1. The predicted octanol–water partition coefficient (Wildman–Crippen LogP) is 5.93. The molecular formula is C25H23ClN4O3S. The van der Waals surface area contributed by atoms with Crippen molar-refractivity contribution in [3.8, 4) is 34.0 Å². The lowest BCUT2D eigenvalue weighted by molar-refractivity contribution is -0.115. The van der Waals surface area contributed by atoms with Crippen molar-refractivity contribution < 1.29 is 14.3 Å². The summed E-state index contributed by atoms with van der Waals surface area (Å²) >= 11 is 7.20. The quantitative estimate of drug-likeness (QED) is 0.295. The Hall–Kier alpha value is -3.49. The van der Waals surface area contributed by atoms with Gasteiger partial charge in [-0.05, 0) is 67.6 Å². The second kappa shape index (κ2) is 10.6. The van der Waals surface area contributed by atoms with Crippen molar-refractivity contribution in [1.82, 2.24) is 15.0 Å². The van der Waals surface area contributed by atoms with Crippen LogP contribution in [0.5, 0.6) is 11.5 Å². The van der Waals surface area contributed by atoms with Crippen LogP contribution in [0.15, 0.2) is 72.0 Å². The van der Waals surface area contributed by atoms with Crippen molar-refractivity contribution in [2.24, 2.45) is 0 Å². The number of pyridine rings is 1. The number of halogens is 1. The first-order valence-electron chi connectivity index (χ1n) is 10.4. The fourth-order valence-corrected chi connectivity index (χ4v) is 4.15. The van der Waals surface area contributed by atoms with Gasteiger partial charge < -0.3 is 19.8 Å². The number of rotatable bonds is 8. The number of amides is 1. The number of aromatic nitrogens is 3. The molecule has 0 spiro atoms. The number of methoxy groups -OCH3 is 2. The third-order valence-corrected chi connectivity index (χ3v) is 6.27. The molecule has 0 saturated heterocycles. The molecule has 0 aliphatic heterocycles. The van der Waals surface area contributed by atoms with Crippen LogP contribution in [-0.2, 0) is 4.79 Å². The molecule has 2 aromatic carbocycles. The molecule has 174 valence electrons. The number of anilines is 1. The molecule has 1 amide bonds. The first-order valence-corrected chi connectivity index (χ1v) is 11.7. The monoisotopic (exact) mass is 494 g/mol. The number of nitrogens with one attached hydrogen (secondary N) is 2. The fourth-order valence-electron chi connectivity index (χ4n) is 3.23. The highest BCUT2D eigenvalue weighted by Crippen LogP contribution is 2.35. The molecule has 1 atom stereocenters. The zero-order chi connectivity index (χ0) is 24.1. The van der Waals surface area contributed by atoms with E-state index in [-0.39, 0.29) is 5.91 Å². The molecule has 2 N–H and O–H groups in total. The van der Waals surface area contributed by atoms with Crippen molar-refractivity contribution in [2.45, 2.75) is 17.3 Å². The SMILES string of the molecule is COc1ccc(-c2nc(SC(C)C(=O)Nc3ccc(Cl)cn3)[nH]c2-c2ccc(OC)cc2)cc1. The van der Waals surface area contributed by atoms with Gasteiger partial charge in [-0.3, -0.25) is 4.79 Å². The molecular weight excluding hydrogens is 472 g/mol. The topological polar surface area (TPSA) is 89.1 Å². The van der Waals surface area contributed by atoms with Gasteiger partial charge in [0.1, 0.15) is 17.3 Å². The second-order valence-electron chi connectivity index (χ2n) is 7.33. The minimum absolute atomic E-state index is 0.187. The van der Waals surface area contributed by atoms with E-state index < -0.39 is 5.25 Å². The van der Waals surface area contributed by atoms with Gasteiger partial charge in [-0.25, -0.2) is 9.97 Å². The molecule has 9 heteroatoms. The molecule has 0 saturated carbocycles. The maximum Gasteiger partial charge on any atom is 0.238 e. The summed E-state index contributed by atoms with van der Waals surface area (Å²) in [5.74, 6) is 1.79. The summed E-state index contributed by atoms with van der Waals surface area (Å²) in [6.07, 6.45) is 1.49. The molecule has 7 nitrogen and oxygen atoms in total. The molecule has 0 bridgehead atoms. The molecule has 0 aliphatic carbocycles. The molecule has 1 unspecified atom stereocenters. The van der Waals surface area contributed by atoms with Crippen LogP contribution < -0.4 is 14.8 Å². The van der Waals surface area contributed by atoms with Gasteiger partial charge in [0.2, 0.25) is 5.91 Å². The number of hydrogen-bond acceptors (Lipinski definition) is 6. The number of aromatic amines is 1. The highest BCUT2D eigenvalue weighted by Gasteiger charge is 2.20. The van der Waals surface area contributed by atoms with Crippen LogP contribution in [0, 0.1) is 0 Å². The van der Waals surface area contributed by atoms with Crippen molar-refractivity contribution in [1.29, 1.82) is 0 Å². The van der Waals surface area contributed by atoms with Gasteiger partial charge in [0.05, 0.1) is 35.9 Å². The van der Waals surface area contributed by atoms with Crippen LogP contribution in [0.4, 0.5) is 5.82 Å². The Kier molecular flexibility index (Phi) is 7.40. The van der Waals surface area contributed by atoms with Crippen molar-refractivity contribution >= 4 is 35.1 Å². The lowest BCUT2D eigenvalue weighted by Gasteiger charge is -2.10. The van der Waals surface area contributed by atoms with E-state index in [1.807, 2.05) is 55.5 Å². The molecule has 4 aromatic rings. The maximum atomic E-state index is 12.7. The van der Waals surface area contributed by atoms with Gasteiger partial charge >= 0.3 is 0 Å². The van der Waals surface area contributed by atoms with Crippen LogP contribution >= 0.6 is 23.4 Å². The number of hydrogen-bond donors (Lipinski definition) is 2. The number of H-pyrrole nitrogens is 1. The smallest absolute Gasteiger partial charge is 0.238 e. The third kappa shape index (κ3) is 5.52. The summed E-state index contributed by atoms with van der Waals surface area (Å²) in [5, 5.41) is 3.52. The largest absolute Gasteiger partial charge is 0.497 e. The predicted molar refractivity (Wildman–Crippen MR) is 136 cm³/mol. The Labute approximate surface area is 206 Å². The summed E-state index contributed by atoms with van der Waals surface area (Å²) in [4.78, 5) is 25.0. The number of ether oxygens (including phenoxy) is 2. The molecule has 2 heterocycles. The number of thioether (sulfide) groups is 1. The van der Waals surface area contributed by atoms with Gasteiger partial charge in [-0.2, -0.15) is 0 Å². The van der Waals surface area contributed by atoms with E-state index in [4.69, 9.17) is 26.1 Å². The molecule has 34 heavy (non-hydrogen) atoms. The number of imidazole rings is 1. The number of nitrogens with zero attached hydrogens (tertiary/aromatic N) is 2. The van der Waals surface area contributed by atoms with E-state index in [2.05, 4.69) is 15.3 Å². The van der Waals surface area contributed by atoms with Crippen LogP contribution in [0.3, 0.4) is 0 Å². The Morgan fingerprint density at radius 2 is 1.59 bits per heavy atom. The number of carbonyl (C=O) groups is 1. The highest BCUT2D eigenvalue weighted by molar-refractivity contribution is 8.00. The van der Waals surface area contributed by atoms with Gasteiger partial charge in [-0.1, -0.05) is 23.4 Å². The van der Waals surface area contributed by atoms with Crippen LogP contribution in [0.1, 0.15) is 6.92 Å². The van der Waals surface area contributed by atoms with Crippen LogP contribution in [0.2, 0.25) is 5.02 Å². The minimum Gasteiger partial charge on any atom is -0.497 e. The van der Waals surface area contributed by atoms with Crippen molar-refractivity contribution in [3.05, 3.63) is 71.9 Å². The van der Waals surface area contributed by atoms with Crippen LogP contribution in [0.25, 0.3) is 22.5 Å². The summed E-state index contributed by atoms with van der Waals surface area (Å²) in [7, 11) is 3.27. The lowest BCUT2D eigenvalue weighted by Crippen LogP contribution is -2.23. The average Bonchev–Trinajstić information content (AvgIpc) is 3.29. The van der Waals surface area contributed by atoms with Gasteiger partial charge in [0, 0.05) is 17.3 Å². The molecule has 0 fully saturated rings. The van der Waals surface area contributed by atoms with E-state index in [0.717, 1.165) is 34.0 Å². The van der Waals surface area contributed by atoms with Gasteiger partial charge in [0.15, 0.2) is 5.16 Å². The van der Waals surface area contributed by atoms with E-state index in [1.54, 1.807) is 26.4 Å². The summed E-state index contributed by atoms with van der Waals surface area (Å²) in [6, 6.07) is 18.8. The molecule has 4 rings (SSSR count). The molecule has 0 radical (unpaired) electrons. The average molecular weight is 495 g/mol. The summed E-state index contributed by atoms with van der Waals surface area (Å²) in [6.45, 7) is 1.82. The third-order valence-electron chi connectivity index (χ3n) is 5.06. The Morgan fingerprint density at radius 3 is 2.15 bits per heavy atom. The van der Waals surface area contributed by atoms with E-state index in [0.29, 0.717) is 16.0 Å². The normalized spacial score (nSPS) is 11.6. The van der Waals surface area contributed by atoms with Crippen molar-refractivity contribution in [2.75, 3.05) is 19.5 Å². The second-order valence-corrected chi connectivity index (χ2v) is 9.10.